The number of likely N-dealkylation sites (tertiary alicyclic amines) is 1. The van der Waals surface area contributed by atoms with Crippen molar-refractivity contribution in [1.29, 1.82) is 0 Å². The molecule has 0 saturated carbocycles. The minimum atomic E-state index is 0.190. The highest BCUT2D eigenvalue weighted by atomic mass is 16.5. The molecular formula is C18H26N2O2. The third-order valence-corrected chi connectivity index (χ3v) is 4.63. The number of nitrogens with zero attached hydrogens (tertiary/aromatic N) is 2. The van der Waals surface area contributed by atoms with Crippen LogP contribution in [-0.4, -0.2) is 55.1 Å². The Morgan fingerprint density at radius 1 is 1.27 bits per heavy atom. The molecule has 0 N–H and O–H groups in total. The molecule has 2 saturated heterocycles. The van der Waals surface area contributed by atoms with E-state index in [0.717, 1.165) is 57.9 Å². The molecule has 0 aromatic heterocycles. The van der Waals surface area contributed by atoms with Gasteiger partial charge in [0.2, 0.25) is 0 Å². The van der Waals surface area contributed by atoms with Gasteiger partial charge in [-0.3, -0.25) is 9.69 Å². The predicted molar refractivity (Wildman–Crippen MR) is 86.8 cm³/mol. The highest BCUT2D eigenvalue weighted by molar-refractivity contribution is 5.94. The maximum atomic E-state index is 12.7. The molecule has 2 aliphatic rings. The van der Waals surface area contributed by atoms with Gasteiger partial charge in [-0.2, -0.15) is 0 Å². The summed E-state index contributed by atoms with van der Waals surface area (Å²) in [4.78, 5) is 17.1. The maximum Gasteiger partial charge on any atom is 0.253 e. The Bertz CT molecular complexity index is 512. The molecule has 2 heterocycles. The molecule has 0 bridgehead atoms. The van der Waals surface area contributed by atoms with Gasteiger partial charge in [0.1, 0.15) is 0 Å². The average Bonchev–Trinajstić information content (AvgIpc) is 2.55. The molecule has 1 aromatic rings. The molecule has 1 unspecified atom stereocenters. The minimum absolute atomic E-state index is 0.190. The van der Waals surface area contributed by atoms with Gasteiger partial charge in [-0.1, -0.05) is 19.1 Å². The third-order valence-electron chi connectivity index (χ3n) is 4.63. The molecule has 22 heavy (non-hydrogen) atoms. The molecule has 1 aromatic carbocycles. The van der Waals surface area contributed by atoms with Gasteiger partial charge < -0.3 is 9.64 Å². The monoisotopic (exact) mass is 302 g/mol. The largest absolute Gasteiger partial charge is 0.379 e. The van der Waals surface area contributed by atoms with Gasteiger partial charge in [0.25, 0.3) is 5.91 Å². The normalized spacial score (nSPS) is 23.5. The summed E-state index contributed by atoms with van der Waals surface area (Å²) in [6.45, 7) is 8.50. The zero-order valence-corrected chi connectivity index (χ0v) is 13.5. The first-order valence-corrected chi connectivity index (χ1v) is 8.40. The van der Waals surface area contributed by atoms with Gasteiger partial charge in [-0.05, 0) is 36.5 Å². The summed E-state index contributed by atoms with van der Waals surface area (Å²) in [5, 5.41) is 0. The number of amides is 1. The highest BCUT2D eigenvalue weighted by Gasteiger charge is 2.22. The third kappa shape index (κ3) is 3.87. The summed E-state index contributed by atoms with van der Waals surface area (Å²) < 4.78 is 5.39. The van der Waals surface area contributed by atoms with E-state index >= 15 is 0 Å². The van der Waals surface area contributed by atoms with Gasteiger partial charge in [-0.15, -0.1) is 0 Å². The van der Waals surface area contributed by atoms with E-state index in [1.165, 1.54) is 12.0 Å². The first-order valence-electron chi connectivity index (χ1n) is 8.40. The Morgan fingerprint density at radius 3 is 2.86 bits per heavy atom. The lowest BCUT2D eigenvalue weighted by Crippen LogP contribution is -2.39. The van der Waals surface area contributed by atoms with E-state index in [0.29, 0.717) is 5.92 Å². The summed E-state index contributed by atoms with van der Waals surface area (Å²) >= 11 is 0. The molecule has 1 amide bonds. The van der Waals surface area contributed by atoms with Gasteiger partial charge >= 0.3 is 0 Å². The van der Waals surface area contributed by atoms with Crippen molar-refractivity contribution in [2.75, 3.05) is 39.4 Å². The highest BCUT2D eigenvalue weighted by Crippen LogP contribution is 2.19. The number of piperidine rings is 1. The van der Waals surface area contributed by atoms with E-state index in [1.807, 2.05) is 17.0 Å². The maximum absolute atomic E-state index is 12.7. The molecule has 0 spiro atoms. The van der Waals surface area contributed by atoms with Crippen molar-refractivity contribution < 1.29 is 9.53 Å². The van der Waals surface area contributed by atoms with Crippen molar-refractivity contribution in [3.63, 3.8) is 0 Å². The molecule has 2 fully saturated rings. The zero-order chi connectivity index (χ0) is 15.4. The summed E-state index contributed by atoms with van der Waals surface area (Å²) in [6.07, 6.45) is 2.36. The van der Waals surface area contributed by atoms with E-state index in [2.05, 4.69) is 24.0 Å². The fraction of sp³-hybridized carbons (Fsp3) is 0.611. The lowest BCUT2D eigenvalue weighted by molar-refractivity contribution is 0.0341. The summed E-state index contributed by atoms with van der Waals surface area (Å²) in [7, 11) is 0. The Kier molecular flexibility index (Phi) is 5.11. The Labute approximate surface area is 133 Å². The Balaban J connectivity index is 1.66. The quantitative estimate of drug-likeness (QED) is 0.859. The van der Waals surface area contributed by atoms with Crippen molar-refractivity contribution in [1.82, 2.24) is 9.80 Å². The standard InChI is InChI=1S/C18H26N2O2/c1-15-4-3-7-20(13-15)18(21)17-6-2-5-16(12-17)14-19-8-10-22-11-9-19/h2,5-6,12,15H,3-4,7-11,13-14H2,1H3. The van der Waals surface area contributed by atoms with Gasteiger partial charge in [0.05, 0.1) is 13.2 Å². The van der Waals surface area contributed by atoms with Gasteiger partial charge in [0, 0.05) is 38.3 Å². The number of carbonyl (C=O) groups excluding carboxylic acids is 1. The molecule has 120 valence electrons. The number of hydrogen-bond acceptors (Lipinski definition) is 3. The fourth-order valence-electron chi connectivity index (χ4n) is 3.38. The molecule has 0 aliphatic carbocycles. The SMILES string of the molecule is CC1CCCN(C(=O)c2cccc(CN3CCOCC3)c2)C1. The van der Waals surface area contributed by atoms with Crippen molar-refractivity contribution in [2.24, 2.45) is 5.92 Å². The molecule has 0 radical (unpaired) electrons. The van der Waals surface area contributed by atoms with Crippen LogP contribution < -0.4 is 0 Å². The Morgan fingerprint density at radius 2 is 2.09 bits per heavy atom. The number of benzene rings is 1. The van der Waals surface area contributed by atoms with E-state index in [1.54, 1.807) is 0 Å². The second-order valence-electron chi connectivity index (χ2n) is 6.59. The molecule has 2 aliphatic heterocycles. The van der Waals surface area contributed by atoms with Crippen LogP contribution in [0.15, 0.2) is 24.3 Å². The first-order chi connectivity index (χ1) is 10.7. The number of morpholine rings is 1. The smallest absolute Gasteiger partial charge is 0.253 e. The summed E-state index contributed by atoms with van der Waals surface area (Å²) in [5.74, 6) is 0.810. The van der Waals surface area contributed by atoms with Crippen LogP contribution in [0.25, 0.3) is 0 Å². The van der Waals surface area contributed by atoms with Crippen LogP contribution in [0.3, 0.4) is 0 Å². The van der Waals surface area contributed by atoms with E-state index in [-0.39, 0.29) is 5.91 Å². The molecule has 4 heteroatoms. The number of rotatable bonds is 3. The number of carbonyl (C=O) groups is 1. The first kappa shape index (κ1) is 15.5. The van der Waals surface area contributed by atoms with Crippen LogP contribution in [0.4, 0.5) is 0 Å². The van der Waals surface area contributed by atoms with Crippen LogP contribution in [-0.2, 0) is 11.3 Å². The second-order valence-corrected chi connectivity index (χ2v) is 6.59. The fourth-order valence-corrected chi connectivity index (χ4v) is 3.38. The molecule has 1 atom stereocenters. The zero-order valence-electron chi connectivity index (χ0n) is 13.5. The molecule has 3 rings (SSSR count). The van der Waals surface area contributed by atoms with Gasteiger partial charge in [0.15, 0.2) is 0 Å². The van der Waals surface area contributed by atoms with Crippen LogP contribution >= 0.6 is 0 Å². The van der Waals surface area contributed by atoms with Crippen LogP contribution in [0.5, 0.6) is 0 Å². The molecule has 4 nitrogen and oxygen atoms in total. The predicted octanol–water partition coefficient (Wildman–Crippen LogP) is 2.39. The number of hydrogen-bond donors (Lipinski definition) is 0. The second kappa shape index (κ2) is 7.25. The van der Waals surface area contributed by atoms with Gasteiger partial charge in [-0.25, -0.2) is 0 Å². The minimum Gasteiger partial charge on any atom is -0.379 e. The lowest BCUT2D eigenvalue weighted by atomic mass is 9.99. The van der Waals surface area contributed by atoms with Crippen molar-refractivity contribution >= 4 is 5.91 Å². The lowest BCUT2D eigenvalue weighted by Gasteiger charge is -2.31. The van der Waals surface area contributed by atoms with E-state index < -0.39 is 0 Å². The average molecular weight is 302 g/mol. The summed E-state index contributed by atoms with van der Waals surface area (Å²) in [6, 6.07) is 8.14. The number of ether oxygens (including phenoxy) is 1. The summed E-state index contributed by atoms with van der Waals surface area (Å²) in [5.41, 5.74) is 2.05. The van der Waals surface area contributed by atoms with Crippen LogP contribution in [0, 0.1) is 5.92 Å². The van der Waals surface area contributed by atoms with Crippen LogP contribution in [0.1, 0.15) is 35.7 Å². The van der Waals surface area contributed by atoms with E-state index in [9.17, 15) is 4.79 Å². The van der Waals surface area contributed by atoms with E-state index in [4.69, 9.17) is 4.74 Å². The van der Waals surface area contributed by atoms with Crippen molar-refractivity contribution in [3.8, 4) is 0 Å². The van der Waals surface area contributed by atoms with Crippen molar-refractivity contribution in [3.05, 3.63) is 35.4 Å². The Hall–Kier alpha value is -1.39. The molecular weight excluding hydrogens is 276 g/mol. The topological polar surface area (TPSA) is 32.8 Å². The van der Waals surface area contributed by atoms with Crippen LogP contribution in [0.2, 0.25) is 0 Å². The van der Waals surface area contributed by atoms with Crippen molar-refractivity contribution in [2.45, 2.75) is 26.3 Å².